The number of benzene rings is 1. The fraction of sp³-hybridized carbons (Fsp3) is 0.632. The first-order chi connectivity index (χ1) is 11.0. The Morgan fingerprint density at radius 1 is 1.17 bits per heavy atom. The van der Waals surface area contributed by atoms with Gasteiger partial charge in [0.15, 0.2) is 0 Å². The summed E-state index contributed by atoms with van der Waals surface area (Å²) in [4.78, 5) is 19.0. The molecule has 1 aromatic carbocycles. The van der Waals surface area contributed by atoms with Crippen molar-refractivity contribution in [3.63, 3.8) is 0 Å². The fourth-order valence-corrected chi connectivity index (χ4v) is 3.38. The Bertz CT molecular complexity index is 494. The molecule has 1 aliphatic rings. The summed E-state index contributed by atoms with van der Waals surface area (Å²) in [7, 11) is 4.08. The SMILES string of the molecule is CCN(CC)C1CCN(C(=O)CCc2ccc(N(C)C)cc2)C1. The van der Waals surface area contributed by atoms with Crippen molar-refractivity contribution in [3.8, 4) is 0 Å². The molecule has 4 heteroatoms. The van der Waals surface area contributed by atoms with Gasteiger partial charge in [0.05, 0.1) is 0 Å². The van der Waals surface area contributed by atoms with E-state index in [9.17, 15) is 4.79 Å². The zero-order valence-electron chi connectivity index (χ0n) is 15.1. The van der Waals surface area contributed by atoms with Crippen LogP contribution in [0.2, 0.25) is 0 Å². The largest absolute Gasteiger partial charge is 0.378 e. The smallest absolute Gasteiger partial charge is 0.222 e. The fourth-order valence-electron chi connectivity index (χ4n) is 3.38. The highest BCUT2D eigenvalue weighted by molar-refractivity contribution is 5.76. The van der Waals surface area contributed by atoms with Crippen LogP contribution < -0.4 is 4.90 Å². The maximum atomic E-state index is 12.4. The number of aryl methyl sites for hydroxylation is 1. The predicted molar refractivity (Wildman–Crippen MR) is 97.0 cm³/mol. The summed E-state index contributed by atoms with van der Waals surface area (Å²) in [6, 6.07) is 9.04. The first-order valence-corrected chi connectivity index (χ1v) is 8.83. The Balaban J connectivity index is 1.81. The first kappa shape index (κ1) is 17.8. The van der Waals surface area contributed by atoms with E-state index >= 15 is 0 Å². The van der Waals surface area contributed by atoms with Crippen LogP contribution in [0.25, 0.3) is 0 Å². The second-order valence-corrected chi connectivity index (χ2v) is 6.56. The molecule has 0 bridgehead atoms. The molecule has 1 amide bonds. The van der Waals surface area contributed by atoms with Crippen LogP contribution in [-0.4, -0.2) is 62.0 Å². The molecule has 128 valence electrons. The second-order valence-electron chi connectivity index (χ2n) is 6.56. The summed E-state index contributed by atoms with van der Waals surface area (Å²) in [5, 5.41) is 0. The number of nitrogens with zero attached hydrogens (tertiary/aromatic N) is 3. The molecule has 0 N–H and O–H groups in total. The topological polar surface area (TPSA) is 26.8 Å². The summed E-state index contributed by atoms with van der Waals surface area (Å²) in [6.07, 6.45) is 2.57. The Morgan fingerprint density at radius 3 is 2.39 bits per heavy atom. The van der Waals surface area contributed by atoms with Crippen LogP contribution in [0, 0.1) is 0 Å². The Morgan fingerprint density at radius 2 is 1.83 bits per heavy atom. The Labute approximate surface area is 141 Å². The molecule has 0 aromatic heterocycles. The van der Waals surface area contributed by atoms with Crippen LogP contribution in [0.1, 0.15) is 32.3 Å². The molecule has 4 nitrogen and oxygen atoms in total. The van der Waals surface area contributed by atoms with E-state index in [4.69, 9.17) is 0 Å². The Hall–Kier alpha value is -1.55. The molecule has 1 saturated heterocycles. The molecule has 2 rings (SSSR count). The van der Waals surface area contributed by atoms with Gasteiger partial charge in [0.25, 0.3) is 0 Å². The summed E-state index contributed by atoms with van der Waals surface area (Å²) in [5.41, 5.74) is 2.44. The maximum Gasteiger partial charge on any atom is 0.222 e. The molecule has 1 unspecified atom stereocenters. The lowest BCUT2D eigenvalue weighted by Gasteiger charge is -2.26. The van der Waals surface area contributed by atoms with Crippen molar-refractivity contribution >= 4 is 11.6 Å². The minimum absolute atomic E-state index is 0.302. The standard InChI is InChI=1S/C19H31N3O/c1-5-21(6-2)18-13-14-22(15-18)19(23)12-9-16-7-10-17(11-8-16)20(3)4/h7-8,10-11,18H,5-6,9,12-15H2,1-4H3. The van der Waals surface area contributed by atoms with Crippen LogP contribution in [0.5, 0.6) is 0 Å². The van der Waals surface area contributed by atoms with Gasteiger partial charge >= 0.3 is 0 Å². The van der Waals surface area contributed by atoms with E-state index in [1.54, 1.807) is 0 Å². The normalized spacial score (nSPS) is 17.8. The monoisotopic (exact) mass is 317 g/mol. The Kier molecular flexibility index (Phi) is 6.46. The average Bonchev–Trinajstić information content (AvgIpc) is 3.04. The predicted octanol–water partition coefficient (Wildman–Crippen LogP) is 2.63. The van der Waals surface area contributed by atoms with Crippen molar-refractivity contribution in [1.29, 1.82) is 0 Å². The lowest BCUT2D eigenvalue weighted by molar-refractivity contribution is -0.130. The molecule has 1 aliphatic heterocycles. The number of hydrogen-bond donors (Lipinski definition) is 0. The minimum atomic E-state index is 0.302. The number of likely N-dealkylation sites (tertiary alicyclic amines) is 1. The van der Waals surface area contributed by atoms with Gasteiger partial charge in [-0.05, 0) is 43.6 Å². The van der Waals surface area contributed by atoms with E-state index in [0.717, 1.165) is 39.0 Å². The van der Waals surface area contributed by atoms with Crippen LogP contribution in [0.4, 0.5) is 5.69 Å². The van der Waals surface area contributed by atoms with Gasteiger partial charge in [-0.15, -0.1) is 0 Å². The first-order valence-electron chi connectivity index (χ1n) is 8.83. The third-order valence-electron chi connectivity index (χ3n) is 4.93. The van der Waals surface area contributed by atoms with Gasteiger partial charge in [-0.3, -0.25) is 9.69 Å². The second kappa shape index (κ2) is 8.34. The minimum Gasteiger partial charge on any atom is -0.378 e. The summed E-state index contributed by atoms with van der Waals surface area (Å²) in [6.45, 7) is 8.36. The van der Waals surface area contributed by atoms with Crippen LogP contribution in [-0.2, 0) is 11.2 Å². The molecule has 1 aromatic rings. The molecule has 23 heavy (non-hydrogen) atoms. The summed E-state index contributed by atoms with van der Waals surface area (Å²) in [5.74, 6) is 0.302. The lowest BCUT2D eigenvalue weighted by atomic mass is 10.1. The van der Waals surface area contributed by atoms with Crippen molar-refractivity contribution in [2.24, 2.45) is 0 Å². The van der Waals surface area contributed by atoms with Gasteiger partial charge in [-0.1, -0.05) is 26.0 Å². The van der Waals surface area contributed by atoms with E-state index in [1.807, 2.05) is 14.1 Å². The zero-order valence-corrected chi connectivity index (χ0v) is 15.1. The number of carbonyl (C=O) groups is 1. The molecule has 0 aliphatic carbocycles. The molecule has 0 saturated carbocycles. The van der Waals surface area contributed by atoms with Crippen molar-refractivity contribution in [2.75, 3.05) is 45.2 Å². The molecular formula is C19H31N3O. The third-order valence-corrected chi connectivity index (χ3v) is 4.93. The van der Waals surface area contributed by atoms with Crippen molar-refractivity contribution in [3.05, 3.63) is 29.8 Å². The molecule has 1 atom stereocenters. The zero-order chi connectivity index (χ0) is 16.8. The number of amides is 1. The quantitative estimate of drug-likeness (QED) is 0.773. The van der Waals surface area contributed by atoms with Gasteiger partial charge in [0.1, 0.15) is 0 Å². The van der Waals surface area contributed by atoms with Gasteiger partial charge in [0.2, 0.25) is 5.91 Å². The van der Waals surface area contributed by atoms with Crippen molar-refractivity contribution in [2.45, 2.75) is 39.2 Å². The highest BCUT2D eigenvalue weighted by Crippen LogP contribution is 2.18. The summed E-state index contributed by atoms with van der Waals surface area (Å²) >= 11 is 0. The number of carbonyl (C=O) groups excluding carboxylic acids is 1. The highest BCUT2D eigenvalue weighted by atomic mass is 16.2. The molecular weight excluding hydrogens is 286 g/mol. The van der Waals surface area contributed by atoms with Gasteiger partial charge in [-0.2, -0.15) is 0 Å². The van der Waals surface area contributed by atoms with Gasteiger partial charge in [0, 0.05) is 45.3 Å². The maximum absolute atomic E-state index is 12.4. The number of anilines is 1. The summed E-state index contributed by atoms with van der Waals surface area (Å²) < 4.78 is 0. The highest BCUT2D eigenvalue weighted by Gasteiger charge is 2.28. The number of likely N-dealkylation sites (N-methyl/N-ethyl adjacent to an activating group) is 1. The van der Waals surface area contributed by atoms with Crippen molar-refractivity contribution < 1.29 is 4.79 Å². The van der Waals surface area contributed by atoms with Gasteiger partial charge < -0.3 is 9.80 Å². The lowest BCUT2D eigenvalue weighted by Crippen LogP contribution is -2.38. The van der Waals surface area contributed by atoms with E-state index in [2.05, 4.69) is 52.8 Å². The average molecular weight is 317 g/mol. The van der Waals surface area contributed by atoms with E-state index in [0.29, 0.717) is 18.4 Å². The van der Waals surface area contributed by atoms with Gasteiger partial charge in [-0.25, -0.2) is 0 Å². The number of rotatable bonds is 7. The van der Waals surface area contributed by atoms with Crippen molar-refractivity contribution in [1.82, 2.24) is 9.80 Å². The third kappa shape index (κ3) is 4.71. The number of hydrogen-bond acceptors (Lipinski definition) is 3. The molecule has 1 fully saturated rings. The van der Waals surface area contributed by atoms with Crippen LogP contribution >= 0.6 is 0 Å². The van der Waals surface area contributed by atoms with Crippen LogP contribution in [0.3, 0.4) is 0 Å². The van der Waals surface area contributed by atoms with E-state index in [-0.39, 0.29) is 0 Å². The molecule has 0 radical (unpaired) electrons. The molecule has 0 spiro atoms. The van der Waals surface area contributed by atoms with E-state index in [1.165, 1.54) is 11.3 Å². The van der Waals surface area contributed by atoms with Crippen LogP contribution in [0.15, 0.2) is 24.3 Å². The molecule has 1 heterocycles. The van der Waals surface area contributed by atoms with E-state index < -0.39 is 0 Å².